The number of aliphatic carboxylic acids is 1. The Morgan fingerprint density at radius 1 is 1.09 bits per heavy atom. The van der Waals surface area contributed by atoms with Crippen molar-refractivity contribution in [3.8, 4) is 10.6 Å². The van der Waals surface area contributed by atoms with Gasteiger partial charge in [0.05, 0.1) is 11.3 Å². The fourth-order valence-corrected chi connectivity index (χ4v) is 5.75. The lowest BCUT2D eigenvalue weighted by atomic mass is 9.91. The van der Waals surface area contributed by atoms with Crippen LogP contribution in [0.15, 0.2) is 47.4 Å². The van der Waals surface area contributed by atoms with Gasteiger partial charge in [0, 0.05) is 32.9 Å². The molecule has 0 fully saturated rings. The van der Waals surface area contributed by atoms with Crippen LogP contribution in [-0.2, 0) is 22.8 Å². The molecule has 0 atom stereocenters. The van der Waals surface area contributed by atoms with E-state index in [2.05, 4.69) is 19.9 Å². The molecule has 0 aliphatic heterocycles. The van der Waals surface area contributed by atoms with Crippen LogP contribution in [0.3, 0.4) is 0 Å². The van der Waals surface area contributed by atoms with Crippen molar-refractivity contribution in [3.63, 3.8) is 0 Å². The van der Waals surface area contributed by atoms with Crippen LogP contribution in [0.1, 0.15) is 47.5 Å². The zero-order valence-corrected chi connectivity index (χ0v) is 20.5. The highest BCUT2D eigenvalue weighted by Crippen LogP contribution is 2.38. The molecule has 8 heteroatoms. The fraction of sp³-hybridized carbons (Fsp3) is 0.360. The number of rotatable bonds is 8. The number of nitrogens with zero attached hydrogens (tertiary/aromatic N) is 1. The van der Waals surface area contributed by atoms with Gasteiger partial charge in [0.2, 0.25) is 0 Å². The van der Waals surface area contributed by atoms with Gasteiger partial charge in [0.25, 0.3) is 0 Å². The van der Waals surface area contributed by atoms with Crippen LogP contribution < -0.4 is 0 Å². The van der Waals surface area contributed by atoms with Crippen molar-refractivity contribution in [2.45, 2.75) is 57.0 Å². The summed E-state index contributed by atoms with van der Waals surface area (Å²) in [7, 11) is 0. The number of aromatic nitrogens is 1. The Morgan fingerprint density at radius 3 is 2.33 bits per heavy atom. The SMILES string of the molecule is Cc1cc(SCC(C)(C)c2nc(-c3ccc(C(F)(F)F)cc3)sc2C)ccc1CCC(=O)O. The second-order valence-electron chi connectivity index (χ2n) is 8.65. The Balaban J connectivity index is 1.72. The standard InChI is InChI=1S/C25H26F3NO2S2/c1-15-13-20(11-7-17(15)8-12-21(30)31)32-14-24(3,4)22-16(2)33-23(29-22)18-5-9-19(10-6-18)25(26,27)28/h5-7,9-11,13H,8,12,14H2,1-4H3,(H,30,31). The van der Waals surface area contributed by atoms with E-state index in [1.807, 2.05) is 26.0 Å². The maximum Gasteiger partial charge on any atom is 0.416 e. The summed E-state index contributed by atoms with van der Waals surface area (Å²) in [6.45, 7) is 8.22. The Bertz CT molecular complexity index is 1140. The largest absolute Gasteiger partial charge is 0.481 e. The summed E-state index contributed by atoms with van der Waals surface area (Å²) in [5, 5.41) is 9.60. The van der Waals surface area contributed by atoms with Crippen molar-refractivity contribution in [3.05, 3.63) is 69.7 Å². The van der Waals surface area contributed by atoms with Crippen LogP contribution >= 0.6 is 23.1 Å². The summed E-state index contributed by atoms with van der Waals surface area (Å²) < 4.78 is 38.5. The van der Waals surface area contributed by atoms with Gasteiger partial charge in [-0.2, -0.15) is 13.2 Å². The first-order valence-corrected chi connectivity index (χ1v) is 12.3. The maximum atomic E-state index is 12.8. The number of thiazole rings is 1. The van der Waals surface area contributed by atoms with Crippen molar-refractivity contribution < 1.29 is 23.1 Å². The van der Waals surface area contributed by atoms with Crippen LogP contribution in [0.2, 0.25) is 0 Å². The van der Waals surface area contributed by atoms with Crippen molar-refractivity contribution in [1.82, 2.24) is 4.98 Å². The van der Waals surface area contributed by atoms with Gasteiger partial charge in [-0.3, -0.25) is 4.79 Å². The highest BCUT2D eigenvalue weighted by molar-refractivity contribution is 7.99. The van der Waals surface area contributed by atoms with Gasteiger partial charge in [-0.25, -0.2) is 4.98 Å². The second-order valence-corrected chi connectivity index (χ2v) is 10.9. The van der Waals surface area contributed by atoms with Gasteiger partial charge in [0.15, 0.2) is 0 Å². The number of halogens is 3. The quantitative estimate of drug-likeness (QED) is 0.330. The third-order valence-corrected chi connectivity index (χ3v) is 7.89. The maximum absolute atomic E-state index is 12.8. The lowest BCUT2D eigenvalue weighted by Crippen LogP contribution is -2.22. The molecule has 0 saturated carbocycles. The number of benzene rings is 2. The minimum Gasteiger partial charge on any atom is -0.481 e. The summed E-state index contributed by atoms with van der Waals surface area (Å²) in [4.78, 5) is 17.8. The Labute approximate surface area is 200 Å². The first-order valence-electron chi connectivity index (χ1n) is 10.5. The first kappa shape index (κ1) is 25.3. The molecule has 0 bridgehead atoms. The predicted molar refractivity (Wildman–Crippen MR) is 128 cm³/mol. The molecule has 0 aliphatic carbocycles. The van der Waals surface area contributed by atoms with Gasteiger partial charge in [-0.05, 0) is 55.7 Å². The molecule has 3 rings (SSSR count). The topological polar surface area (TPSA) is 50.2 Å². The predicted octanol–water partition coefficient (Wildman–Crippen LogP) is 7.53. The highest BCUT2D eigenvalue weighted by atomic mass is 32.2. The van der Waals surface area contributed by atoms with Crippen LogP contribution in [0.25, 0.3) is 10.6 Å². The van der Waals surface area contributed by atoms with E-state index in [-0.39, 0.29) is 11.8 Å². The van der Waals surface area contributed by atoms with E-state index in [1.165, 1.54) is 23.5 Å². The van der Waals surface area contributed by atoms with Crippen LogP contribution in [-0.4, -0.2) is 21.8 Å². The first-order chi connectivity index (χ1) is 15.4. The molecule has 176 valence electrons. The summed E-state index contributed by atoms with van der Waals surface area (Å²) in [5.41, 5.74) is 2.83. The van der Waals surface area contributed by atoms with Gasteiger partial charge < -0.3 is 5.11 Å². The average molecular weight is 494 g/mol. The van der Waals surface area contributed by atoms with Crippen molar-refractivity contribution in [2.24, 2.45) is 0 Å². The van der Waals surface area contributed by atoms with E-state index >= 15 is 0 Å². The minimum absolute atomic E-state index is 0.116. The molecule has 3 nitrogen and oxygen atoms in total. The number of carbonyl (C=O) groups is 1. The highest BCUT2D eigenvalue weighted by Gasteiger charge is 2.31. The number of aryl methyl sites for hydroxylation is 3. The van der Waals surface area contributed by atoms with Crippen LogP contribution in [0, 0.1) is 13.8 Å². The molecule has 2 aromatic carbocycles. The van der Waals surface area contributed by atoms with E-state index in [4.69, 9.17) is 10.1 Å². The Hall–Kier alpha value is -2.32. The molecule has 1 aromatic heterocycles. The molecule has 3 aromatic rings. The van der Waals surface area contributed by atoms with E-state index in [0.717, 1.165) is 44.5 Å². The molecule has 0 radical (unpaired) electrons. The zero-order valence-electron chi connectivity index (χ0n) is 18.9. The molecular weight excluding hydrogens is 467 g/mol. The molecule has 33 heavy (non-hydrogen) atoms. The lowest BCUT2D eigenvalue weighted by molar-refractivity contribution is -0.138. The number of carboxylic acid groups (broad SMARTS) is 1. The van der Waals surface area contributed by atoms with Gasteiger partial charge in [0.1, 0.15) is 5.01 Å². The van der Waals surface area contributed by atoms with Crippen molar-refractivity contribution in [1.29, 1.82) is 0 Å². The van der Waals surface area contributed by atoms with Crippen LogP contribution in [0.5, 0.6) is 0 Å². The third-order valence-electron chi connectivity index (χ3n) is 5.42. The zero-order chi connectivity index (χ0) is 24.4. The normalized spacial score (nSPS) is 12.2. The molecule has 0 saturated heterocycles. The van der Waals surface area contributed by atoms with Crippen LogP contribution in [0.4, 0.5) is 13.2 Å². The van der Waals surface area contributed by atoms with Gasteiger partial charge in [-0.15, -0.1) is 23.1 Å². The second kappa shape index (κ2) is 9.89. The smallest absolute Gasteiger partial charge is 0.416 e. The van der Waals surface area contributed by atoms with E-state index in [0.29, 0.717) is 17.0 Å². The van der Waals surface area contributed by atoms with Gasteiger partial charge >= 0.3 is 12.1 Å². The molecule has 0 unspecified atom stereocenters. The van der Waals surface area contributed by atoms with E-state index in [1.54, 1.807) is 11.8 Å². The van der Waals surface area contributed by atoms with E-state index in [9.17, 15) is 18.0 Å². The number of alkyl halides is 3. The number of hydrogen-bond acceptors (Lipinski definition) is 4. The summed E-state index contributed by atoms with van der Waals surface area (Å²) in [6.07, 6.45) is -3.72. The monoisotopic (exact) mass is 493 g/mol. The molecule has 1 N–H and O–H groups in total. The molecule has 0 spiro atoms. The summed E-state index contributed by atoms with van der Waals surface area (Å²) in [6, 6.07) is 11.2. The fourth-order valence-electron chi connectivity index (χ4n) is 3.56. The average Bonchev–Trinajstić information content (AvgIpc) is 3.13. The minimum atomic E-state index is -4.35. The third kappa shape index (κ3) is 6.38. The molecule has 1 heterocycles. The summed E-state index contributed by atoms with van der Waals surface area (Å²) in [5.74, 6) is -0.0262. The van der Waals surface area contributed by atoms with E-state index < -0.39 is 17.7 Å². The number of thioether (sulfide) groups is 1. The van der Waals surface area contributed by atoms with Crippen molar-refractivity contribution in [2.75, 3.05) is 5.75 Å². The lowest BCUT2D eigenvalue weighted by Gasteiger charge is -2.23. The summed E-state index contributed by atoms with van der Waals surface area (Å²) >= 11 is 3.20. The number of carboxylic acids is 1. The molecule has 0 amide bonds. The Kier molecular flexibility index (Phi) is 7.59. The molecule has 0 aliphatic rings. The molecular formula is C25H26F3NO2S2. The Morgan fingerprint density at radius 2 is 1.76 bits per heavy atom. The number of hydrogen-bond donors (Lipinski definition) is 1. The van der Waals surface area contributed by atoms with Crippen molar-refractivity contribution >= 4 is 29.1 Å². The van der Waals surface area contributed by atoms with Gasteiger partial charge in [-0.1, -0.05) is 32.0 Å².